The number of carbonyl (C=O) groups excluding carboxylic acids is 1. The summed E-state index contributed by atoms with van der Waals surface area (Å²) in [5.41, 5.74) is 2.19. The summed E-state index contributed by atoms with van der Waals surface area (Å²) < 4.78 is 0. The van der Waals surface area contributed by atoms with E-state index < -0.39 is 0 Å². The third kappa shape index (κ3) is 2.72. The fraction of sp³-hybridized carbons (Fsp3) is 0.0556. The Balaban J connectivity index is 2.02. The fourth-order valence-electron chi connectivity index (χ4n) is 2.42. The number of carbonyl (C=O) groups is 1. The smallest absolute Gasteiger partial charge is 0.221 e. The molecule has 0 unspecified atom stereocenters. The molecule has 3 N–H and O–H groups in total. The van der Waals surface area contributed by atoms with Gasteiger partial charge in [-0.2, -0.15) is 0 Å². The van der Waals surface area contributed by atoms with Gasteiger partial charge in [-0.25, -0.2) is 0 Å². The molecule has 0 atom stereocenters. The van der Waals surface area contributed by atoms with Crippen molar-refractivity contribution >= 4 is 22.4 Å². The first kappa shape index (κ1) is 13.9. The van der Waals surface area contributed by atoms with Crippen LogP contribution in [-0.2, 0) is 4.79 Å². The number of aromatic hydroxyl groups is 2. The highest BCUT2D eigenvalue weighted by Gasteiger charge is 2.06. The van der Waals surface area contributed by atoms with Crippen molar-refractivity contribution in [2.75, 3.05) is 5.32 Å². The first-order valence-electron chi connectivity index (χ1n) is 6.87. The van der Waals surface area contributed by atoms with Crippen LogP contribution < -0.4 is 5.32 Å². The third-order valence-electron chi connectivity index (χ3n) is 3.47. The Hall–Kier alpha value is -3.01. The number of hydrogen-bond donors (Lipinski definition) is 3. The Morgan fingerprint density at radius 1 is 0.864 bits per heavy atom. The van der Waals surface area contributed by atoms with Crippen LogP contribution in [-0.4, -0.2) is 16.1 Å². The highest BCUT2D eigenvalue weighted by atomic mass is 16.3. The van der Waals surface area contributed by atoms with Crippen molar-refractivity contribution in [1.29, 1.82) is 0 Å². The number of nitrogens with one attached hydrogen (secondary N) is 1. The van der Waals surface area contributed by atoms with E-state index in [0.717, 1.165) is 21.9 Å². The number of anilines is 1. The maximum absolute atomic E-state index is 11.1. The molecule has 0 aromatic heterocycles. The Labute approximate surface area is 127 Å². The largest absolute Gasteiger partial charge is 0.508 e. The lowest BCUT2D eigenvalue weighted by molar-refractivity contribution is -0.114. The van der Waals surface area contributed by atoms with Crippen molar-refractivity contribution in [3.05, 3.63) is 54.6 Å². The maximum Gasteiger partial charge on any atom is 0.221 e. The topological polar surface area (TPSA) is 69.6 Å². The molecule has 1 amide bonds. The molecular weight excluding hydrogens is 278 g/mol. The number of phenols is 2. The van der Waals surface area contributed by atoms with E-state index in [-0.39, 0.29) is 17.4 Å². The zero-order valence-electron chi connectivity index (χ0n) is 12.0. The molecule has 4 nitrogen and oxygen atoms in total. The van der Waals surface area contributed by atoms with E-state index in [9.17, 15) is 15.0 Å². The van der Waals surface area contributed by atoms with Gasteiger partial charge >= 0.3 is 0 Å². The molecule has 0 radical (unpaired) electrons. The van der Waals surface area contributed by atoms with Gasteiger partial charge in [0.1, 0.15) is 11.5 Å². The summed E-state index contributed by atoms with van der Waals surface area (Å²) in [6.45, 7) is 1.39. The minimum absolute atomic E-state index is 0.0264. The normalized spacial score (nSPS) is 10.6. The van der Waals surface area contributed by atoms with E-state index in [2.05, 4.69) is 5.32 Å². The third-order valence-corrected chi connectivity index (χ3v) is 3.47. The maximum atomic E-state index is 11.1. The van der Waals surface area contributed by atoms with Crippen molar-refractivity contribution in [2.24, 2.45) is 0 Å². The summed E-state index contributed by atoms with van der Waals surface area (Å²) in [6.07, 6.45) is 0. The molecule has 0 saturated carbocycles. The van der Waals surface area contributed by atoms with E-state index in [1.807, 2.05) is 30.3 Å². The zero-order valence-corrected chi connectivity index (χ0v) is 12.0. The average molecular weight is 293 g/mol. The second-order valence-corrected chi connectivity index (χ2v) is 5.16. The van der Waals surface area contributed by atoms with Crippen molar-refractivity contribution in [3.63, 3.8) is 0 Å². The second-order valence-electron chi connectivity index (χ2n) is 5.16. The zero-order chi connectivity index (χ0) is 15.7. The number of fused-ring (bicyclic) bond motifs is 1. The lowest BCUT2D eigenvalue weighted by Gasteiger charge is -2.09. The van der Waals surface area contributed by atoms with Gasteiger partial charge in [0.15, 0.2) is 0 Å². The highest BCUT2D eigenvalue weighted by Crippen LogP contribution is 2.32. The predicted octanol–water partition coefficient (Wildman–Crippen LogP) is 3.88. The monoisotopic (exact) mass is 293 g/mol. The molecule has 3 rings (SSSR count). The fourth-order valence-corrected chi connectivity index (χ4v) is 2.42. The van der Waals surface area contributed by atoms with Gasteiger partial charge in [-0.05, 0) is 52.2 Å². The lowest BCUT2D eigenvalue weighted by Crippen LogP contribution is -2.05. The van der Waals surface area contributed by atoms with Gasteiger partial charge in [-0.1, -0.05) is 24.3 Å². The van der Waals surface area contributed by atoms with E-state index in [0.29, 0.717) is 5.69 Å². The molecule has 22 heavy (non-hydrogen) atoms. The Morgan fingerprint density at radius 2 is 1.50 bits per heavy atom. The highest BCUT2D eigenvalue weighted by molar-refractivity contribution is 5.92. The van der Waals surface area contributed by atoms with Gasteiger partial charge in [-0.15, -0.1) is 0 Å². The number of phenolic OH excluding ortho intramolecular Hbond substituents is 2. The number of amides is 1. The van der Waals surface area contributed by atoms with Crippen molar-refractivity contribution in [2.45, 2.75) is 6.92 Å². The SMILES string of the molecule is CC(=O)Nc1ccc(-c2ccc3cc(O)ccc3c2)cc1O. The molecule has 0 aliphatic rings. The molecule has 3 aromatic rings. The van der Waals surface area contributed by atoms with E-state index in [1.54, 1.807) is 24.3 Å². The Morgan fingerprint density at radius 3 is 2.23 bits per heavy atom. The average Bonchev–Trinajstić information content (AvgIpc) is 2.48. The quantitative estimate of drug-likeness (QED) is 0.628. The number of rotatable bonds is 2. The van der Waals surface area contributed by atoms with Crippen LogP contribution in [0.3, 0.4) is 0 Å². The molecule has 0 bridgehead atoms. The summed E-state index contributed by atoms with van der Waals surface area (Å²) in [5.74, 6) is 0.0321. The molecule has 3 aromatic carbocycles. The standard InChI is InChI=1S/C18H15NO3/c1-11(20)19-17-7-5-15(10-18(17)22)12-2-3-14-9-16(21)6-4-13(14)8-12/h2-10,21-22H,1H3,(H,19,20). The molecule has 110 valence electrons. The minimum atomic E-state index is -0.228. The summed E-state index contributed by atoms with van der Waals surface area (Å²) in [5, 5.41) is 24.0. The molecule has 0 aliphatic carbocycles. The summed E-state index contributed by atoms with van der Waals surface area (Å²) in [4.78, 5) is 11.1. The van der Waals surface area contributed by atoms with Gasteiger partial charge in [0.05, 0.1) is 5.69 Å². The van der Waals surface area contributed by atoms with Crippen molar-refractivity contribution in [3.8, 4) is 22.6 Å². The van der Waals surface area contributed by atoms with Gasteiger partial charge < -0.3 is 15.5 Å². The molecular formula is C18H15NO3. The lowest BCUT2D eigenvalue weighted by atomic mass is 10.0. The van der Waals surface area contributed by atoms with Crippen molar-refractivity contribution < 1.29 is 15.0 Å². The van der Waals surface area contributed by atoms with Crippen LogP contribution in [0.15, 0.2) is 54.6 Å². The van der Waals surface area contributed by atoms with Gasteiger partial charge in [0.2, 0.25) is 5.91 Å². The molecule has 0 saturated heterocycles. The van der Waals surface area contributed by atoms with Crippen molar-refractivity contribution in [1.82, 2.24) is 0 Å². The molecule has 0 heterocycles. The predicted molar refractivity (Wildman–Crippen MR) is 87.0 cm³/mol. The summed E-state index contributed by atoms with van der Waals surface area (Å²) in [7, 11) is 0. The molecule has 0 spiro atoms. The van der Waals surface area contributed by atoms with Crippen LogP contribution in [0, 0.1) is 0 Å². The number of hydrogen-bond acceptors (Lipinski definition) is 3. The molecule has 4 heteroatoms. The van der Waals surface area contributed by atoms with Gasteiger partial charge in [0, 0.05) is 6.92 Å². The van der Waals surface area contributed by atoms with Crippen LogP contribution in [0.25, 0.3) is 21.9 Å². The number of benzene rings is 3. The first-order valence-corrected chi connectivity index (χ1v) is 6.87. The summed E-state index contributed by atoms with van der Waals surface area (Å²) in [6, 6.07) is 16.2. The Kier molecular flexibility index (Phi) is 3.43. The van der Waals surface area contributed by atoms with Crippen LogP contribution >= 0.6 is 0 Å². The molecule has 0 fully saturated rings. The van der Waals surface area contributed by atoms with Crippen LogP contribution in [0.2, 0.25) is 0 Å². The Bertz CT molecular complexity index is 871. The van der Waals surface area contributed by atoms with E-state index >= 15 is 0 Å². The van der Waals surface area contributed by atoms with E-state index in [1.165, 1.54) is 6.92 Å². The summed E-state index contributed by atoms with van der Waals surface area (Å²) >= 11 is 0. The first-order chi connectivity index (χ1) is 10.5. The van der Waals surface area contributed by atoms with Gasteiger partial charge in [-0.3, -0.25) is 4.79 Å². The van der Waals surface area contributed by atoms with Gasteiger partial charge in [0.25, 0.3) is 0 Å². The molecule has 0 aliphatic heterocycles. The second kappa shape index (κ2) is 5.41. The minimum Gasteiger partial charge on any atom is -0.508 e. The van der Waals surface area contributed by atoms with E-state index in [4.69, 9.17) is 0 Å². The van der Waals surface area contributed by atoms with Crippen LogP contribution in [0.4, 0.5) is 5.69 Å². The van der Waals surface area contributed by atoms with Crippen LogP contribution in [0.1, 0.15) is 6.92 Å². The van der Waals surface area contributed by atoms with Crippen LogP contribution in [0.5, 0.6) is 11.5 Å².